The minimum Gasteiger partial charge on any atom is -0.310 e. The van der Waals surface area contributed by atoms with Gasteiger partial charge in [-0.15, -0.1) is 0 Å². The van der Waals surface area contributed by atoms with Crippen molar-refractivity contribution >= 4 is 38.9 Å². The van der Waals surface area contributed by atoms with Crippen LogP contribution >= 0.6 is 0 Å². The molecule has 1 aliphatic carbocycles. The molecule has 0 atom stereocenters. The van der Waals surface area contributed by atoms with Crippen molar-refractivity contribution in [3.8, 4) is 16.8 Å². The maximum absolute atomic E-state index is 2.48. The Labute approximate surface area is 259 Å². The number of benzene rings is 6. The van der Waals surface area contributed by atoms with E-state index in [1.165, 1.54) is 66.4 Å². The molecule has 1 heterocycles. The standard InChI is InChI=1S/C42H36N2/c1-27-10-16-30(17-11-27)43(31-18-12-28(2)13-19-31)33-22-23-40-36(24-33)37-25-39-35(34-8-6-7-9-38(34)42(39,4)5)26-41(37)44(40)32-20-14-29(3)15-21-32/h6-26H,1-5H3. The van der Waals surface area contributed by atoms with Gasteiger partial charge in [-0.1, -0.05) is 91.2 Å². The Morgan fingerprint density at radius 3 is 1.66 bits per heavy atom. The molecule has 1 aliphatic rings. The predicted molar refractivity (Wildman–Crippen MR) is 187 cm³/mol. The number of nitrogens with zero attached hydrogens (tertiary/aromatic N) is 2. The van der Waals surface area contributed by atoms with Gasteiger partial charge in [0.25, 0.3) is 0 Å². The molecule has 0 fully saturated rings. The van der Waals surface area contributed by atoms with Gasteiger partial charge in [-0.2, -0.15) is 0 Å². The largest absolute Gasteiger partial charge is 0.310 e. The van der Waals surface area contributed by atoms with Gasteiger partial charge in [-0.05, 0) is 110 Å². The smallest absolute Gasteiger partial charge is 0.0547 e. The highest BCUT2D eigenvalue weighted by Gasteiger charge is 2.36. The Hall–Kier alpha value is -5.08. The summed E-state index contributed by atoms with van der Waals surface area (Å²) in [7, 11) is 0. The lowest BCUT2D eigenvalue weighted by molar-refractivity contribution is 0.661. The fraction of sp³-hybridized carbons (Fsp3) is 0.143. The van der Waals surface area contributed by atoms with Crippen molar-refractivity contribution in [3.05, 3.63) is 155 Å². The predicted octanol–water partition coefficient (Wildman–Crippen LogP) is 11.5. The normalized spacial score (nSPS) is 13.3. The maximum Gasteiger partial charge on any atom is 0.0547 e. The van der Waals surface area contributed by atoms with Crippen LogP contribution in [0.15, 0.2) is 127 Å². The monoisotopic (exact) mass is 568 g/mol. The SMILES string of the molecule is Cc1ccc(N(c2ccc(C)cc2)c2ccc3c(c2)c2cc4c(cc2n3-c2ccc(C)cc2)-c2ccccc2C4(C)C)cc1. The van der Waals surface area contributed by atoms with Crippen LogP contribution in [-0.2, 0) is 5.41 Å². The zero-order valence-electron chi connectivity index (χ0n) is 26.0. The summed E-state index contributed by atoms with van der Waals surface area (Å²) < 4.78 is 2.45. The van der Waals surface area contributed by atoms with Crippen LogP contribution in [-0.4, -0.2) is 4.57 Å². The molecule has 7 aromatic rings. The van der Waals surface area contributed by atoms with Crippen molar-refractivity contribution in [2.75, 3.05) is 4.90 Å². The van der Waals surface area contributed by atoms with Gasteiger partial charge in [0.15, 0.2) is 0 Å². The molecule has 44 heavy (non-hydrogen) atoms. The molecule has 0 spiro atoms. The number of hydrogen-bond acceptors (Lipinski definition) is 1. The van der Waals surface area contributed by atoms with E-state index in [-0.39, 0.29) is 5.41 Å². The maximum atomic E-state index is 2.48. The van der Waals surface area contributed by atoms with E-state index in [0.29, 0.717) is 0 Å². The van der Waals surface area contributed by atoms with Crippen LogP contribution in [0.4, 0.5) is 17.1 Å². The first-order valence-electron chi connectivity index (χ1n) is 15.5. The summed E-state index contributed by atoms with van der Waals surface area (Å²) in [6.45, 7) is 11.2. The third-order valence-corrected chi connectivity index (χ3v) is 9.59. The van der Waals surface area contributed by atoms with Gasteiger partial charge in [0.05, 0.1) is 11.0 Å². The second-order valence-electron chi connectivity index (χ2n) is 13.0. The van der Waals surface area contributed by atoms with E-state index < -0.39 is 0 Å². The summed E-state index contributed by atoms with van der Waals surface area (Å²) in [6, 6.07) is 47.4. The third-order valence-electron chi connectivity index (χ3n) is 9.59. The molecule has 1 aromatic heterocycles. The number of aryl methyl sites for hydroxylation is 3. The number of hydrogen-bond donors (Lipinski definition) is 0. The molecule has 0 saturated carbocycles. The highest BCUT2D eigenvalue weighted by molar-refractivity contribution is 6.12. The summed E-state index contributed by atoms with van der Waals surface area (Å²) >= 11 is 0. The van der Waals surface area contributed by atoms with Crippen molar-refractivity contribution in [1.82, 2.24) is 4.57 Å². The molecule has 214 valence electrons. The van der Waals surface area contributed by atoms with E-state index in [9.17, 15) is 0 Å². The lowest BCUT2D eigenvalue weighted by Gasteiger charge is -2.26. The van der Waals surface area contributed by atoms with Gasteiger partial charge in [0.1, 0.15) is 0 Å². The van der Waals surface area contributed by atoms with Crippen LogP contribution in [0.1, 0.15) is 41.7 Å². The summed E-state index contributed by atoms with van der Waals surface area (Å²) in [4.78, 5) is 2.38. The van der Waals surface area contributed by atoms with Crippen LogP contribution in [0, 0.1) is 20.8 Å². The minimum absolute atomic E-state index is 0.0636. The van der Waals surface area contributed by atoms with Crippen LogP contribution in [0.25, 0.3) is 38.6 Å². The Morgan fingerprint density at radius 2 is 1.02 bits per heavy atom. The molecule has 0 bridgehead atoms. The molecule has 0 amide bonds. The average Bonchev–Trinajstić information content (AvgIpc) is 3.47. The second-order valence-corrected chi connectivity index (χ2v) is 13.0. The fourth-order valence-corrected chi connectivity index (χ4v) is 7.15. The minimum atomic E-state index is -0.0636. The Morgan fingerprint density at radius 1 is 0.477 bits per heavy atom. The lowest BCUT2D eigenvalue weighted by atomic mass is 9.82. The van der Waals surface area contributed by atoms with E-state index in [1.807, 2.05) is 0 Å². The first-order valence-corrected chi connectivity index (χ1v) is 15.5. The lowest BCUT2D eigenvalue weighted by Crippen LogP contribution is -2.14. The van der Waals surface area contributed by atoms with E-state index in [0.717, 1.165) is 17.1 Å². The molecule has 2 nitrogen and oxygen atoms in total. The van der Waals surface area contributed by atoms with Crippen molar-refractivity contribution in [3.63, 3.8) is 0 Å². The van der Waals surface area contributed by atoms with E-state index in [4.69, 9.17) is 0 Å². The molecular formula is C42H36N2. The molecule has 2 heteroatoms. The number of aromatic nitrogens is 1. The first kappa shape index (κ1) is 26.5. The molecule has 0 saturated heterocycles. The van der Waals surface area contributed by atoms with Crippen molar-refractivity contribution in [2.45, 2.75) is 40.0 Å². The van der Waals surface area contributed by atoms with Gasteiger partial charge in [0, 0.05) is 38.9 Å². The molecular weight excluding hydrogens is 532 g/mol. The zero-order valence-corrected chi connectivity index (χ0v) is 26.0. The van der Waals surface area contributed by atoms with E-state index >= 15 is 0 Å². The number of rotatable bonds is 4. The van der Waals surface area contributed by atoms with Crippen LogP contribution in [0.5, 0.6) is 0 Å². The number of fused-ring (bicyclic) bond motifs is 6. The second kappa shape index (κ2) is 9.72. The first-order chi connectivity index (χ1) is 21.3. The molecule has 8 rings (SSSR count). The molecule has 6 aromatic carbocycles. The van der Waals surface area contributed by atoms with Crippen molar-refractivity contribution < 1.29 is 0 Å². The van der Waals surface area contributed by atoms with E-state index in [1.54, 1.807) is 0 Å². The summed E-state index contributed by atoms with van der Waals surface area (Å²) in [6.07, 6.45) is 0. The van der Waals surface area contributed by atoms with Gasteiger partial charge in [-0.3, -0.25) is 0 Å². The highest BCUT2D eigenvalue weighted by Crippen LogP contribution is 2.51. The molecule has 0 aliphatic heterocycles. The Bertz CT molecular complexity index is 2150. The molecule has 0 unspecified atom stereocenters. The van der Waals surface area contributed by atoms with Crippen LogP contribution in [0.3, 0.4) is 0 Å². The average molecular weight is 569 g/mol. The van der Waals surface area contributed by atoms with Gasteiger partial charge in [-0.25, -0.2) is 0 Å². The highest BCUT2D eigenvalue weighted by atomic mass is 15.1. The van der Waals surface area contributed by atoms with Crippen LogP contribution < -0.4 is 4.90 Å². The van der Waals surface area contributed by atoms with Gasteiger partial charge >= 0.3 is 0 Å². The van der Waals surface area contributed by atoms with Gasteiger partial charge < -0.3 is 9.47 Å². The van der Waals surface area contributed by atoms with Crippen molar-refractivity contribution in [1.29, 1.82) is 0 Å². The summed E-state index contributed by atoms with van der Waals surface area (Å²) in [5.41, 5.74) is 16.3. The van der Waals surface area contributed by atoms with Gasteiger partial charge in [0.2, 0.25) is 0 Å². The molecule has 0 radical (unpaired) electrons. The third kappa shape index (κ3) is 4.02. The summed E-state index contributed by atoms with van der Waals surface area (Å²) in [5, 5.41) is 2.55. The Balaban J connectivity index is 1.43. The topological polar surface area (TPSA) is 8.17 Å². The van der Waals surface area contributed by atoms with Crippen molar-refractivity contribution in [2.24, 2.45) is 0 Å². The number of anilines is 3. The quantitative estimate of drug-likeness (QED) is 0.205. The Kier molecular flexibility index (Phi) is 5.86. The fourth-order valence-electron chi connectivity index (χ4n) is 7.15. The van der Waals surface area contributed by atoms with Crippen LogP contribution in [0.2, 0.25) is 0 Å². The molecule has 0 N–H and O–H groups in total. The van der Waals surface area contributed by atoms with E-state index in [2.05, 4.69) is 171 Å². The summed E-state index contributed by atoms with van der Waals surface area (Å²) in [5.74, 6) is 0. The zero-order chi connectivity index (χ0) is 30.2.